The Morgan fingerprint density at radius 1 is 1.35 bits per heavy atom. The van der Waals surface area contributed by atoms with E-state index >= 15 is 0 Å². The fourth-order valence-electron chi connectivity index (χ4n) is 1.79. The number of halogens is 3. The van der Waals surface area contributed by atoms with Crippen LogP contribution in [0.5, 0.6) is 5.75 Å². The summed E-state index contributed by atoms with van der Waals surface area (Å²) in [6.45, 7) is 2.45. The van der Waals surface area contributed by atoms with E-state index in [1.807, 2.05) is 6.92 Å². The molecule has 0 saturated heterocycles. The molecule has 0 aliphatic carbocycles. The summed E-state index contributed by atoms with van der Waals surface area (Å²) in [4.78, 5) is 0. The van der Waals surface area contributed by atoms with E-state index in [1.165, 1.54) is 4.68 Å². The van der Waals surface area contributed by atoms with Crippen LogP contribution in [0.4, 0.5) is 18.9 Å². The monoisotopic (exact) mass is 285 g/mol. The molecule has 1 aromatic carbocycles. The molecule has 0 aliphatic heterocycles. The maximum absolute atomic E-state index is 12.5. The molecule has 0 spiro atoms. The SMILES string of the molecule is CCOc1ccc(N)cc1Cn1cc(C(F)(F)F)cn1. The summed E-state index contributed by atoms with van der Waals surface area (Å²) in [5.74, 6) is 0.589. The van der Waals surface area contributed by atoms with E-state index < -0.39 is 11.7 Å². The Kier molecular flexibility index (Phi) is 3.87. The highest BCUT2D eigenvalue weighted by molar-refractivity contribution is 5.48. The highest BCUT2D eigenvalue weighted by atomic mass is 19.4. The van der Waals surface area contributed by atoms with Crippen molar-refractivity contribution in [3.05, 3.63) is 41.7 Å². The van der Waals surface area contributed by atoms with E-state index in [4.69, 9.17) is 10.5 Å². The lowest BCUT2D eigenvalue weighted by Gasteiger charge is -2.11. The molecule has 0 bridgehead atoms. The van der Waals surface area contributed by atoms with Gasteiger partial charge >= 0.3 is 6.18 Å². The predicted octanol–water partition coefficient (Wildman–Crippen LogP) is 2.93. The molecule has 0 amide bonds. The standard InChI is InChI=1S/C13H14F3N3O/c1-2-20-12-4-3-11(17)5-9(12)7-19-8-10(6-18-19)13(14,15)16/h3-6,8H,2,7,17H2,1H3. The number of rotatable bonds is 4. The molecule has 0 atom stereocenters. The molecule has 0 saturated carbocycles. The van der Waals surface area contributed by atoms with Gasteiger partial charge in [0.25, 0.3) is 0 Å². The first-order chi connectivity index (χ1) is 9.40. The highest BCUT2D eigenvalue weighted by Crippen LogP contribution is 2.29. The fourth-order valence-corrected chi connectivity index (χ4v) is 1.79. The Morgan fingerprint density at radius 2 is 2.10 bits per heavy atom. The number of alkyl halides is 3. The number of hydrogen-bond donors (Lipinski definition) is 1. The van der Waals surface area contributed by atoms with Crippen molar-refractivity contribution < 1.29 is 17.9 Å². The van der Waals surface area contributed by atoms with Crippen LogP contribution in [0.1, 0.15) is 18.1 Å². The largest absolute Gasteiger partial charge is 0.494 e. The highest BCUT2D eigenvalue weighted by Gasteiger charge is 2.32. The molecule has 1 heterocycles. The molecule has 0 radical (unpaired) electrons. The van der Waals surface area contributed by atoms with Crippen LogP contribution in [0.15, 0.2) is 30.6 Å². The average molecular weight is 285 g/mol. The summed E-state index contributed by atoms with van der Waals surface area (Å²) in [7, 11) is 0. The topological polar surface area (TPSA) is 53.1 Å². The molecule has 7 heteroatoms. The Hall–Kier alpha value is -2.18. The van der Waals surface area contributed by atoms with E-state index in [2.05, 4.69) is 5.10 Å². The third kappa shape index (κ3) is 3.23. The van der Waals surface area contributed by atoms with Gasteiger partial charge in [-0.3, -0.25) is 4.68 Å². The van der Waals surface area contributed by atoms with Crippen LogP contribution >= 0.6 is 0 Å². The number of hydrogen-bond acceptors (Lipinski definition) is 3. The van der Waals surface area contributed by atoms with Gasteiger partial charge in [-0.05, 0) is 25.1 Å². The normalized spacial score (nSPS) is 11.6. The summed E-state index contributed by atoms with van der Waals surface area (Å²) in [5, 5.41) is 3.71. The van der Waals surface area contributed by atoms with E-state index in [-0.39, 0.29) is 6.54 Å². The zero-order valence-electron chi connectivity index (χ0n) is 10.8. The molecular formula is C13H14F3N3O. The van der Waals surface area contributed by atoms with Crippen molar-refractivity contribution in [3.63, 3.8) is 0 Å². The third-order valence-electron chi connectivity index (χ3n) is 2.68. The lowest BCUT2D eigenvalue weighted by atomic mass is 10.2. The van der Waals surface area contributed by atoms with Crippen LogP contribution in [0.2, 0.25) is 0 Å². The molecule has 0 aliphatic rings. The lowest BCUT2D eigenvalue weighted by molar-refractivity contribution is -0.137. The van der Waals surface area contributed by atoms with Crippen molar-refractivity contribution in [2.75, 3.05) is 12.3 Å². The van der Waals surface area contributed by atoms with Crippen LogP contribution in [0, 0.1) is 0 Å². The van der Waals surface area contributed by atoms with Gasteiger partial charge in [0.15, 0.2) is 0 Å². The Morgan fingerprint density at radius 3 is 2.70 bits per heavy atom. The van der Waals surface area contributed by atoms with Crippen molar-refractivity contribution >= 4 is 5.69 Å². The van der Waals surface area contributed by atoms with Gasteiger partial charge in [0.1, 0.15) is 5.75 Å². The molecule has 20 heavy (non-hydrogen) atoms. The van der Waals surface area contributed by atoms with Gasteiger partial charge < -0.3 is 10.5 Å². The first kappa shape index (κ1) is 14.2. The minimum absolute atomic E-state index is 0.163. The number of ether oxygens (including phenoxy) is 1. The second-order valence-electron chi connectivity index (χ2n) is 4.22. The van der Waals surface area contributed by atoms with Gasteiger partial charge in [-0.15, -0.1) is 0 Å². The van der Waals surface area contributed by atoms with Crippen LogP contribution < -0.4 is 10.5 Å². The van der Waals surface area contributed by atoms with Crippen LogP contribution in [0.25, 0.3) is 0 Å². The quantitative estimate of drug-likeness (QED) is 0.879. The van der Waals surface area contributed by atoms with Crippen molar-refractivity contribution in [1.29, 1.82) is 0 Å². The van der Waals surface area contributed by atoms with Gasteiger partial charge in [0, 0.05) is 17.4 Å². The van der Waals surface area contributed by atoms with Gasteiger partial charge in [-0.25, -0.2) is 0 Å². The molecule has 0 unspecified atom stereocenters. The maximum atomic E-state index is 12.5. The first-order valence-corrected chi connectivity index (χ1v) is 6.01. The van der Waals surface area contributed by atoms with Gasteiger partial charge in [0.05, 0.1) is 24.9 Å². The third-order valence-corrected chi connectivity index (χ3v) is 2.68. The number of aromatic nitrogens is 2. The fraction of sp³-hybridized carbons (Fsp3) is 0.308. The van der Waals surface area contributed by atoms with E-state index in [0.29, 0.717) is 23.6 Å². The molecule has 2 aromatic rings. The average Bonchev–Trinajstić information content (AvgIpc) is 2.81. The Labute approximate surface area is 114 Å². The van der Waals surface area contributed by atoms with Crippen molar-refractivity contribution in [1.82, 2.24) is 9.78 Å². The molecule has 1 aromatic heterocycles. The summed E-state index contributed by atoms with van der Waals surface area (Å²) in [6.07, 6.45) is -2.64. The van der Waals surface area contributed by atoms with Crippen LogP contribution in [-0.2, 0) is 12.7 Å². The van der Waals surface area contributed by atoms with Crippen LogP contribution in [0.3, 0.4) is 0 Å². The number of nitrogens with two attached hydrogens (primary N) is 1. The minimum atomic E-state index is -4.39. The summed E-state index contributed by atoms with van der Waals surface area (Å²) in [6, 6.07) is 5.04. The zero-order chi connectivity index (χ0) is 14.8. The number of anilines is 1. The van der Waals surface area contributed by atoms with E-state index in [9.17, 15) is 13.2 Å². The summed E-state index contributed by atoms with van der Waals surface area (Å²) < 4.78 is 44.1. The van der Waals surface area contributed by atoms with Crippen LogP contribution in [-0.4, -0.2) is 16.4 Å². The second kappa shape index (κ2) is 5.44. The minimum Gasteiger partial charge on any atom is -0.494 e. The molecule has 2 rings (SSSR count). The second-order valence-corrected chi connectivity index (χ2v) is 4.22. The van der Waals surface area contributed by atoms with E-state index in [1.54, 1.807) is 18.2 Å². The summed E-state index contributed by atoms with van der Waals surface area (Å²) in [5.41, 5.74) is 6.11. The number of nitrogen functional groups attached to an aromatic ring is 1. The Balaban J connectivity index is 2.25. The van der Waals surface area contributed by atoms with Crippen molar-refractivity contribution in [2.24, 2.45) is 0 Å². The number of nitrogens with zero attached hydrogens (tertiary/aromatic N) is 2. The maximum Gasteiger partial charge on any atom is 0.419 e. The Bertz CT molecular complexity index is 593. The lowest BCUT2D eigenvalue weighted by Crippen LogP contribution is -2.06. The zero-order valence-corrected chi connectivity index (χ0v) is 10.8. The van der Waals surface area contributed by atoms with Gasteiger partial charge in [-0.2, -0.15) is 18.3 Å². The summed E-state index contributed by atoms with van der Waals surface area (Å²) >= 11 is 0. The molecule has 108 valence electrons. The predicted molar refractivity (Wildman–Crippen MR) is 68.4 cm³/mol. The molecule has 2 N–H and O–H groups in total. The van der Waals surface area contributed by atoms with Crippen molar-refractivity contribution in [3.8, 4) is 5.75 Å². The van der Waals surface area contributed by atoms with Gasteiger partial charge in [0.2, 0.25) is 0 Å². The smallest absolute Gasteiger partial charge is 0.419 e. The van der Waals surface area contributed by atoms with Crippen molar-refractivity contribution in [2.45, 2.75) is 19.6 Å². The molecular weight excluding hydrogens is 271 g/mol. The first-order valence-electron chi connectivity index (χ1n) is 6.01. The number of benzene rings is 1. The molecule has 4 nitrogen and oxygen atoms in total. The van der Waals surface area contributed by atoms with Gasteiger partial charge in [-0.1, -0.05) is 0 Å². The molecule has 0 fully saturated rings. The van der Waals surface area contributed by atoms with E-state index in [0.717, 1.165) is 12.4 Å².